The minimum absolute atomic E-state index is 0.0419. The molecule has 0 amide bonds. The summed E-state index contributed by atoms with van der Waals surface area (Å²) in [5.41, 5.74) is 3.76. The minimum atomic E-state index is -0.0611. The van der Waals surface area contributed by atoms with Crippen molar-refractivity contribution >= 4 is 0 Å². The maximum Gasteiger partial charge on any atom is 0.157 e. The highest BCUT2D eigenvalue weighted by Crippen LogP contribution is 2.44. The van der Waals surface area contributed by atoms with Crippen LogP contribution in [-0.2, 0) is 0 Å². The van der Waals surface area contributed by atoms with Crippen LogP contribution in [0.4, 0.5) is 0 Å². The summed E-state index contributed by atoms with van der Waals surface area (Å²) in [6, 6.07) is 14.2. The molecule has 0 fully saturated rings. The van der Waals surface area contributed by atoms with Gasteiger partial charge >= 0.3 is 0 Å². The zero-order chi connectivity index (χ0) is 15.0. The third-order valence-corrected chi connectivity index (χ3v) is 4.48. The van der Waals surface area contributed by atoms with Gasteiger partial charge in [0, 0.05) is 12.0 Å². The summed E-state index contributed by atoms with van der Waals surface area (Å²) >= 11 is 0. The molecule has 1 aliphatic carbocycles. The SMILES string of the molecule is CN(C)C1CCC(c2ccc(O)c(O)c2)c2ccccc21. The fourth-order valence-electron chi connectivity index (χ4n) is 3.41. The third-order valence-electron chi connectivity index (χ3n) is 4.48. The minimum Gasteiger partial charge on any atom is -0.504 e. The molecule has 2 unspecified atom stereocenters. The Balaban J connectivity index is 2.05. The van der Waals surface area contributed by atoms with Gasteiger partial charge in [-0.2, -0.15) is 0 Å². The number of hydrogen-bond donors (Lipinski definition) is 2. The van der Waals surface area contributed by atoms with E-state index >= 15 is 0 Å². The van der Waals surface area contributed by atoms with E-state index in [4.69, 9.17) is 0 Å². The highest BCUT2D eigenvalue weighted by atomic mass is 16.3. The van der Waals surface area contributed by atoms with Gasteiger partial charge in [-0.15, -0.1) is 0 Å². The van der Waals surface area contributed by atoms with E-state index in [0.717, 1.165) is 18.4 Å². The van der Waals surface area contributed by atoms with E-state index in [0.29, 0.717) is 6.04 Å². The maximum atomic E-state index is 9.76. The second-order valence-corrected chi connectivity index (χ2v) is 5.99. The van der Waals surface area contributed by atoms with Gasteiger partial charge < -0.3 is 15.1 Å². The predicted molar refractivity (Wildman–Crippen MR) is 83.7 cm³/mol. The lowest BCUT2D eigenvalue weighted by atomic mass is 9.76. The molecule has 2 aromatic rings. The fourth-order valence-corrected chi connectivity index (χ4v) is 3.41. The smallest absolute Gasteiger partial charge is 0.157 e. The number of phenols is 2. The van der Waals surface area contributed by atoms with Crippen LogP contribution in [0.1, 0.15) is 41.5 Å². The number of benzene rings is 2. The van der Waals surface area contributed by atoms with Crippen molar-refractivity contribution in [3.8, 4) is 11.5 Å². The van der Waals surface area contributed by atoms with Gasteiger partial charge in [0.15, 0.2) is 11.5 Å². The lowest BCUT2D eigenvalue weighted by Gasteiger charge is -2.35. The molecule has 0 radical (unpaired) electrons. The Hall–Kier alpha value is -2.00. The Morgan fingerprint density at radius 2 is 1.62 bits per heavy atom. The summed E-state index contributed by atoms with van der Waals surface area (Å²) in [6.07, 6.45) is 2.14. The molecule has 0 spiro atoms. The van der Waals surface area contributed by atoms with Crippen LogP contribution in [0.2, 0.25) is 0 Å². The van der Waals surface area contributed by atoms with Crippen LogP contribution in [0, 0.1) is 0 Å². The number of aromatic hydroxyl groups is 2. The molecule has 0 bridgehead atoms. The summed E-state index contributed by atoms with van der Waals surface area (Å²) in [5.74, 6) is 0.178. The number of nitrogens with zero attached hydrogens (tertiary/aromatic N) is 1. The Morgan fingerprint density at radius 1 is 0.905 bits per heavy atom. The first-order chi connectivity index (χ1) is 10.1. The van der Waals surface area contributed by atoms with Crippen molar-refractivity contribution < 1.29 is 10.2 Å². The Bertz CT molecular complexity index is 651. The van der Waals surface area contributed by atoms with Crippen molar-refractivity contribution in [1.82, 2.24) is 4.90 Å². The molecule has 0 aliphatic heterocycles. The quantitative estimate of drug-likeness (QED) is 0.827. The van der Waals surface area contributed by atoms with Crippen molar-refractivity contribution in [2.24, 2.45) is 0 Å². The van der Waals surface area contributed by atoms with E-state index in [1.165, 1.54) is 11.1 Å². The first-order valence-electron chi connectivity index (χ1n) is 7.35. The van der Waals surface area contributed by atoms with E-state index in [-0.39, 0.29) is 17.4 Å². The highest BCUT2D eigenvalue weighted by molar-refractivity contribution is 5.47. The average molecular weight is 283 g/mol. The van der Waals surface area contributed by atoms with E-state index < -0.39 is 0 Å². The van der Waals surface area contributed by atoms with Gasteiger partial charge in [0.25, 0.3) is 0 Å². The second kappa shape index (κ2) is 5.41. The van der Waals surface area contributed by atoms with E-state index in [2.05, 4.69) is 43.3 Å². The monoisotopic (exact) mass is 283 g/mol. The van der Waals surface area contributed by atoms with E-state index in [9.17, 15) is 10.2 Å². The molecule has 2 N–H and O–H groups in total. The molecular weight excluding hydrogens is 262 g/mol. The number of rotatable bonds is 2. The molecular formula is C18H21NO2. The molecule has 0 saturated heterocycles. The predicted octanol–water partition coefficient (Wildman–Crippen LogP) is 3.63. The van der Waals surface area contributed by atoms with Gasteiger partial charge in [-0.3, -0.25) is 0 Å². The Morgan fingerprint density at radius 3 is 2.29 bits per heavy atom. The van der Waals surface area contributed by atoms with Crippen LogP contribution >= 0.6 is 0 Å². The Labute approximate surface area is 125 Å². The van der Waals surface area contributed by atoms with Crippen LogP contribution in [-0.4, -0.2) is 29.2 Å². The third kappa shape index (κ3) is 2.49. The number of phenolic OH excluding ortho intramolecular Hbond substituents is 2. The van der Waals surface area contributed by atoms with Gasteiger partial charge in [-0.25, -0.2) is 0 Å². The lowest BCUT2D eigenvalue weighted by Crippen LogP contribution is -2.26. The van der Waals surface area contributed by atoms with E-state index in [1.54, 1.807) is 12.1 Å². The van der Waals surface area contributed by atoms with Gasteiger partial charge in [0.1, 0.15) is 0 Å². The molecule has 2 aromatic carbocycles. The standard InChI is InChI=1S/C18H21NO2/c1-19(2)16-9-8-13(14-5-3-4-6-15(14)16)12-7-10-17(20)18(21)11-12/h3-7,10-11,13,16,20-21H,8-9H2,1-2H3. The van der Waals surface area contributed by atoms with E-state index in [1.807, 2.05) is 6.07 Å². The molecule has 0 saturated carbocycles. The summed E-state index contributed by atoms with van der Waals surface area (Å²) in [5, 5.41) is 19.3. The molecule has 1 aliphatic rings. The zero-order valence-electron chi connectivity index (χ0n) is 12.5. The second-order valence-electron chi connectivity index (χ2n) is 5.99. The first-order valence-corrected chi connectivity index (χ1v) is 7.35. The number of hydrogen-bond acceptors (Lipinski definition) is 3. The molecule has 2 atom stereocenters. The summed E-state index contributed by atoms with van der Waals surface area (Å²) in [4.78, 5) is 2.27. The molecule has 110 valence electrons. The zero-order valence-corrected chi connectivity index (χ0v) is 12.5. The van der Waals surface area contributed by atoms with Crippen LogP contribution < -0.4 is 0 Å². The molecule has 21 heavy (non-hydrogen) atoms. The lowest BCUT2D eigenvalue weighted by molar-refractivity contribution is 0.262. The van der Waals surface area contributed by atoms with Crippen LogP contribution in [0.25, 0.3) is 0 Å². The van der Waals surface area contributed by atoms with Crippen LogP contribution in [0.5, 0.6) is 11.5 Å². The van der Waals surface area contributed by atoms with Crippen molar-refractivity contribution in [2.45, 2.75) is 24.8 Å². The topological polar surface area (TPSA) is 43.7 Å². The van der Waals surface area contributed by atoms with Crippen LogP contribution in [0.3, 0.4) is 0 Å². The Kier molecular flexibility index (Phi) is 3.60. The highest BCUT2D eigenvalue weighted by Gasteiger charge is 2.29. The van der Waals surface area contributed by atoms with Gasteiger partial charge in [-0.05, 0) is 55.8 Å². The van der Waals surface area contributed by atoms with Crippen molar-refractivity contribution in [3.63, 3.8) is 0 Å². The van der Waals surface area contributed by atoms with Gasteiger partial charge in [0.05, 0.1) is 0 Å². The molecule has 3 heteroatoms. The summed E-state index contributed by atoms with van der Waals surface area (Å²) < 4.78 is 0. The van der Waals surface area contributed by atoms with Gasteiger partial charge in [0.2, 0.25) is 0 Å². The molecule has 0 heterocycles. The summed E-state index contributed by atoms with van der Waals surface area (Å²) in [6.45, 7) is 0. The van der Waals surface area contributed by atoms with Crippen molar-refractivity contribution in [3.05, 3.63) is 59.2 Å². The normalized spacial score (nSPS) is 21.3. The molecule has 3 nitrogen and oxygen atoms in total. The summed E-state index contributed by atoms with van der Waals surface area (Å²) in [7, 11) is 4.24. The molecule has 3 rings (SSSR count). The average Bonchev–Trinajstić information content (AvgIpc) is 2.49. The van der Waals surface area contributed by atoms with Crippen molar-refractivity contribution in [1.29, 1.82) is 0 Å². The molecule has 0 aromatic heterocycles. The van der Waals surface area contributed by atoms with Crippen molar-refractivity contribution in [2.75, 3.05) is 14.1 Å². The van der Waals surface area contributed by atoms with Crippen LogP contribution in [0.15, 0.2) is 42.5 Å². The first kappa shape index (κ1) is 14.0. The largest absolute Gasteiger partial charge is 0.504 e. The fraction of sp³-hybridized carbons (Fsp3) is 0.333. The maximum absolute atomic E-state index is 9.76. The number of fused-ring (bicyclic) bond motifs is 1. The van der Waals surface area contributed by atoms with Gasteiger partial charge in [-0.1, -0.05) is 30.3 Å².